The van der Waals surface area contributed by atoms with Gasteiger partial charge < -0.3 is 31.3 Å². The molecule has 0 aromatic rings. The van der Waals surface area contributed by atoms with Gasteiger partial charge in [-0.25, -0.2) is 4.79 Å². The monoisotopic (exact) mass is 662 g/mol. The van der Waals surface area contributed by atoms with Gasteiger partial charge in [-0.1, -0.05) is 68.2 Å². The number of Topliss-reactive ketones (excluding diaryl/α,β-unsaturated/α-hetero) is 1. The number of hydrogen-bond acceptors (Lipinski definition) is 8. The van der Waals surface area contributed by atoms with Crippen LogP contribution in [0, 0.1) is 28.1 Å². The molecule has 3 aliphatic rings. The standard InChI is InChI=1S/C33H54N6O8/c1-18(28(44)35-21(12-19-10-11-19)25(42)27(34)43)38(14-20-13-33(20,8)9)29(45)26(32(5,6)7)37-30(46)36-22(31(2,3)4)15-39-23(40)16-47-17-24(39)41/h18-22,26H,10-17H2,1-9H3,(H2,34,43)(H,35,44)(H2,36,37,46)/t18-,20?,21?,22+,26+/m0/s1. The molecule has 2 saturated carbocycles. The molecule has 2 aliphatic carbocycles. The van der Waals surface area contributed by atoms with Crippen molar-refractivity contribution >= 4 is 41.4 Å². The highest BCUT2D eigenvalue weighted by Gasteiger charge is 2.49. The largest absolute Gasteiger partial charge is 0.363 e. The number of primary amides is 1. The average Bonchev–Trinajstić information content (AvgIpc) is 3.86. The van der Waals surface area contributed by atoms with Gasteiger partial charge in [0.05, 0.1) is 12.1 Å². The lowest BCUT2D eigenvalue weighted by Gasteiger charge is -2.39. The molecular weight excluding hydrogens is 608 g/mol. The van der Waals surface area contributed by atoms with Crippen molar-refractivity contribution in [3.63, 3.8) is 0 Å². The van der Waals surface area contributed by atoms with Gasteiger partial charge in [0.15, 0.2) is 0 Å². The van der Waals surface area contributed by atoms with Crippen molar-refractivity contribution in [3.05, 3.63) is 0 Å². The molecule has 1 aliphatic heterocycles. The third kappa shape index (κ3) is 10.2. The zero-order valence-electron chi connectivity index (χ0n) is 29.4. The summed E-state index contributed by atoms with van der Waals surface area (Å²) in [6, 6.07) is -4.53. The average molecular weight is 663 g/mol. The van der Waals surface area contributed by atoms with Crippen LogP contribution in [-0.2, 0) is 33.5 Å². The topological polar surface area (TPSA) is 197 Å². The van der Waals surface area contributed by atoms with Gasteiger partial charge >= 0.3 is 6.03 Å². The number of nitrogens with one attached hydrogen (secondary N) is 3. The molecule has 264 valence electrons. The number of hydrogen-bond donors (Lipinski definition) is 4. The minimum atomic E-state index is -1.13. The number of amides is 7. The number of carbonyl (C=O) groups excluding carboxylic acids is 7. The van der Waals surface area contributed by atoms with Crippen LogP contribution in [0.5, 0.6) is 0 Å². The quantitative estimate of drug-likeness (QED) is 0.157. The Balaban J connectivity index is 1.83. The fourth-order valence-corrected chi connectivity index (χ4v) is 5.68. The molecule has 0 aromatic carbocycles. The minimum absolute atomic E-state index is 0.0402. The van der Waals surface area contributed by atoms with Crippen LogP contribution >= 0.6 is 0 Å². The summed E-state index contributed by atoms with van der Waals surface area (Å²) in [5, 5.41) is 8.35. The Morgan fingerprint density at radius 2 is 1.51 bits per heavy atom. The Labute approximate surface area is 277 Å². The summed E-state index contributed by atoms with van der Waals surface area (Å²) in [5.41, 5.74) is 3.85. The molecule has 3 rings (SSSR count). The van der Waals surface area contributed by atoms with Gasteiger partial charge in [-0.3, -0.25) is 33.7 Å². The van der Waals surface area contributed by atoms with Gasteiger partial charge in [0.1, 0.15) is 25.3 Å². The van der Waals surface area contributed by atoms with E-state index in [1.54, 1.807) is 27.7 Å². The Kier molecular flexibility index (Phi) is 11.5. The maximum atomic E-state index is 14.4. The third-order valence-electron chi connectivity index (χ3n) is 9.56. The van der Waals surface area contributed by atoms with Gasteiger partial charge in [0, 0.05) is 13.1 Å². The number of ether oxygens (including phenoxy) is 1. The van der Waals surface area contributed by atoms with E-state index in [4.69, 9.17) is 10.5 Å². The summed E-state index contributed by atoms with van der Waals surface area (Å²) in [7, 11) is 0. The summed E-state index contributed by atoms with van der Waals surface area (Å²) in [4.78, 5) is 93.2. The van der Waals surface area contributed by atoms with Crippen molar-refractivity contribution < 1.29 is 38.3 Å². The van der Waals surface area contributed by atoms with Gasteiger partial charge in [0.2, 0.25) is 17.6 Å². The summed E-state index contributed by atoms with van der Waals surface area (Å²) in [6.45, 7) is 16.4. The van der Waals surface area contributed by atoms with Crippen molar-refractivity contribution in [2.45, 2.75) is 112 Å². The highest BCUT2D eigenvalue weighted by molar-refractivity contribution is 6.37. The summed E-state index contributed by atoms with van der Waals surface area (Å²) in [6.07, 6.45) is 2.93. The van der Waals surface area contributed by atoms with E-state index < -0.39 is 76.3 Å². The number of carbonyl (C=O) groups is 7. The van der Waals surface area contributed by atoms with Crippen LogP contribution in [0.1, 0.15) is 88.0 Å². The number of nitrogens with two attached hydrogens (primary N) is 1. The molecule has 47 heavy (non-hydrogen) atoms. The molecule has 14 heteroatoms. The molecule has 5 N–H and O–H groups in total. The van der Waals surface area contributed by atoms with Crippen LogP contribution in [0.2, 0.25) is 0 Å². The van der Waals surface area contributed by atoms with E-state index in [1.807, 2.05) is 20.8 Å². The van der Waals surface area contributed by atoms with Crippen LogP contribution in [0.25, 0.3) is 0 Å². The fourth-order valence-electron chi connectivity index (χ4n) is 5.68. The number of nitrogens with zero attached hydrogens (tertiary/aromatic N) is 2. The highest BCUT2D eigenvalue weighted by Crippen LogP contribution is 2.52. The molecule has 3 fully saturated rings. The normalized spacial score (nSPS) is 22.0. The number of urea groups is 1. The second-order valence-corrected chi connectivity index (χ2v) is 16.3. The summed E-state index contributed by atoms with van der Waals surface area (Å²) >= 11 is 0. The molecule has 2 unspecified atom stereocenters. The first-order valence-electron chi connectivity index (χ1n) is 16.5. The van der Waals surface area contributed by atoms with Crippen molar-refractivity contribution in [3.8, 4) is 0 Å². The predicted octanol–water partition coefficient (Wildman–Crippen LogP) is 1.10. The molecule has 7 amide bonds. The zero-order valence-corrected chi connectivity index (χ0v) is 29.4. The Morgan fingerprint density at radius 1 is 0.957 bits per heavy atom. The first-order valence-corrected chi connectivity index (χ1v) is 16.5. The second-order valence-electron chi connectivity index (χ2n) is 16.3. The number of rotatable bonds is 14. The van der Waals surface area contributed by atoms with Gasteiger partial charge in [-0.05, 0) is 47.8 Å². The van der Waals surface area contributed by atoms with E-state index in [0.29, 0.717) is 6.42 Å². The number of imide groups is 1. The van der Waals surface area contributed by atoms with Gasteiger partial charge in [-0.2, -0.15) is 0 Å². The number of ketones is 1. The van der Waals surface area contributed by atoms with Crippen molar-refractivity contribution in [1.82, 2.24) is 25.8 Å². The Bertz CT molecular complexity index is 1250. The van der Waals surface area contributed by atoms with Gasteiger partial charge in [0.25, 0.3) is 17.7 Å². The molecule has 0 spiro atoms. The van der Waals surface area contributed by atoms with E-state index in [2.05, 4.69) is 29.8 Å². The molecule has 1 saturated heterocycles. The Hall–Kier alpha value is -3.55. The summed E-state index contributed by atoms with van der Waals surface area (Å²) < 4.78 is 5.01. The third-order valence-corrected chi connectivity index (χ3v) is 9.56. The van der Waals surface area contributed by atoms with Crippen LogP contribution in [-0.4, -0.2) is 102 Å². The lowest BCUT2D eigenvalue weighted by molar-refractivity contribution is -0.159. The fraction of sp³-hybridized carbons (Fsp3) is 0.788. The first-order chi connectivity index (χ1) is 21.5. The molecule has 14 nitrogen and oxygen atoms in total. The highest BCUT2D eigenvalue weighted by atomic mass is 16.5. The van der Waals surface area contributed by atoms with Crippen molar-refractivity contribution in [2.75, 3.05) is 26.3 Å². The molecule has 0 bridgehead atoms. The van der Waals surface area contributed by atoms with E-state index in [9.17, 15) is 33.6 Å². The van der Waals surface area contributed by atoms with Crippen molar-refractivity contribution in [1.29, 1.82) is 0 Å². The maximum absolute atomic E-state index is 14.4. The molecule has 5 atom stereocenters. The SMILES string of the molecule is C[C@@H](C(=O)NC(CC1CC1)C(=O)C(N)=O)N(CC1CC1(C)C)C(=O)[C@@H](NC(=O)N[C@H](CN1C(=O)COCC1=O)C(C)(C)C)C(C)(C)C. The van der Waals surface area contributed by atoms with Crippen molar-refractivity contribution in [2.24, 2.45) is 33.8 Å². The van der Waals surface area contributed by atoms with Crippen LogP contribution in [0.4, 0.5) is 4.79 Å². The van der Waals surface area contributed by atoms with Crippen LogP contribution in [0.3, 0.4) is 0 Å². The lowest BCUT2D eigenvalue weighted by atomic mass is 9.85. The van der Waals surface area contributed by atoms with E-state index in [1.165, 1.54) is 4.90 Å². The zero-order chi connectivity index (χ0) is 35.6. The van der Waals surface area contributed by atoms with Crippen LogP contribution in [0.15, 0.2) is 0 Å². The van der Waals surface area contributed by atoms with Crippen LogP contribution < -0.4 is 21.7 Å². The van der Waals surface area contributed by atoms with Gasteiger partial charge in [-0.15, -0.1) is 0 Å². The number of morpholine rings is 1. The molecular formula is C33H54N6O8. The predicted molar refractivity (Wildman–Crippen MR) is 172 cm³/mol. The smallest absolute Gasteiger partial charge is 0.315 e. The maximum Gasteiger partial charge on any atom is 0.315 e. The lowest BCUT2D eigenvalue weighted by Crippen LogP contribution is -2.63. The van der Waals surface area contributed by atoms with E-state index >= 15 is 0 Å². The second kappa shape index (κ2) is 14.3. The molecule has 1 heterocycles. The van der Waals surface area contributed by atoms with E-state index in [-0.39, 0.29) is 43.6 Å². The molecule has 0 aromatic heterocycles. The van der Waals surface area contributed by atoms with E-state index in [0.717, 1.165) is 24.2 Å². The minimum Gasteiger partial charge on any atom is -0.363 e. The summed E-state index contributed by atoms with van der Waals surface area (Å²) in [5.74, 6) is -3.75. The Morgan fingerprint density at radius 3 is 1.96 bits per heavy atom. The first kappa shape index (κ1) is 37.9. The molecule has 0 radical (unpaired) electrons.